The number of benzene rings is 2. The minimum absolute atomic E-state index is 0.223. The minimum Gasteiger partial charge on any atom is -0.478 e. The summed E-state index contributed by atoms with van der Waals surface area (Å²) in [4.78, 5) is 11.3. The Kier molecular flexibility index (Phi) is 3.59. The number of hydrogen-bond acceptors (Lipinski definition) is 2. The van der Waals surface area contributed by atoms with Crippen LogP contribution in [0.5, 0.6) is 0 Å². The van der Waals surface area contributed by atoms with Crippen molar-refractivity contribution in [2.45, 2.75) is 17.2 Å². The van der Waals surface area contributed by atoms with E-state index < -0.39 is 28.1 Å². The van der Waals surface area contributed by atoms with Gasteiger partial charge in [-0.2, -0.15) is 0 Å². The van der Waals surface area contributed by atoms with Crippen molar-refractivity contribution >= 4 is 16.8 Å². The van der Waals surface area contributed by atoms with Crippen LogP contribution in [0.4, 0.5) is 4.39 Å². The zero-order valence-corrected chi connectivity index (χ0v) is 11.9. The van der Waals surface area contributed by atoms with Crippen LogP contribution in [0, 0.1) is 5.82 Å². The van der Waals surface area contributed by atoms with E-state index in [4.69, 9.17) is 5.11 Å². The van der Waals surface area contributed by atoms with Crippen molar-refractivity contribution in [3.63, 3.8) is 0 Å². The van der Waals surface area contributed by atoms with Crippen molar-refractivity contribution < 1.29 is 18.5 Å². The molecule has 0 heterocycles. The largest absolute Gasteiger partial charge is 0.478 e. The normalized spacial score (nSPS) is 17.7. The van der Waals surface area contributed by atoms with Crippen LogP contribution in [-0.2, 0) is 17.2 Å². The summed E-state index contributed by atoms with van der Waals surface area (Å²) in [6, 6.07) is 11.6. The van der Waals surface area contributed by atoms with E-state index in [-0.39, 0.29) is 5.92 Å². The molecule has 2 atom stereocenters. The van der Waals surface area contributed by atoms with Crippen molar-refractivity contribution in [3.8, 4) is 0 Å². The van der Waals surface area contributed by atoms with Crippen LogP contribution in [0.1, 0.15) is 27.4 Å². The Labute approximate surface area is 123 Å². The molecule has 2 unspecified atom stereocenters. The molecule has 3 nitrogen and oxygen atoms in total. The number of carbonyl (C=O) groups is 1. The second-order valence-corrected chi connectivity index (χ2v) is 6.55. The van der Waals surface area contributed by atoms with Crippen LogP contribution in [0.25, 0.3) is 0 Å². The van der Waals surface area contributed by atoms with Gasteiger partial charge < -0.3 is 5.11 Å². The van der Waals surface area contributed by atoms with Crippen molar-refractivity contribution in [2.24, 2.45) is 0 Å². The lowest BCUT2D eigenvalue weighted by molar-refractivity contribution is 0.0691. The number of carboxylic acid groups (broad SMARTS) is 1. The van der Waals surface area contributed by atoms with Crippen LogP contribution in [0.15, 0.2) is 47.4 Å². The molecule has 1 N–H and O–H groups in total. The highest BCUT2D eigenvalue weighted by molar-refractivity contribution is 7.85. The Bertz CT molecular complexity index is 742. The summed E-state index contributed by atoms with van der Waals surface area (Å²) in [5.41, 5.74) is 2.03. The zero-order chi connectivity index (χ0) is 15.0. The van der Waals surface area contributed by atoms with Crippen LogP contribution >= 0.6 is 0 Å². The number of aromatic carboxylic acids is 1. The van der Waals surface area contributed by atoms with Crippen molar-refractivity contribution in [2.75, 3.05) is 5.75 Å². The number of halogens is 1. The molecule has 1 aliphatic rings. The maximum atomic E-state index is 13.3. The van der Waals surface area contributed by atoms with Crippen LogP contribution in [0.3, 0.4) is 0 Å². The van der Waals surface area contributed by atoms with Gasteiger partial charge in [-0.25, -0.2) is 9.18 Å². The molecule has 0 saturated carbocycles. The van der Waals surface area contributed by atoms with Crippen molar-refractivity contribution in [3.05, 3.63) is 65.0 Å². The predicted molar refractivity (Wildman–Crippen MR) is 77.5 cm³/mol. The van der Waals surface area contributed by atoms with E-state index in [0.29, 0.717) is 10.6 Å². The zero-order valence-electron chi connectivity index (χ0n) is 11.1. The molecule has 5 heteroatoms. The van der Waals surface area contributed by atoms with Gasteiger partial charge in [-0.3, -0.25) is 4.21 Å². The fraction of sp³-hybridized carbons (Fsp3) is 0.188. The van der Waals surface area contributed by atoms with E-state index >= 15 is 0 Å². The molecular formula is C16H13FO3S. The highest BCUT2D eigenvalue weighted by Gasteiger charge is 2.27. The van der Waals surface area contributed by atoms with Gasteiger partial charge in [0, 0.05) is 16.6 Å². The molecule has 0 aliphatic heterocycles. The van der Waals surface area contributed by atoms with Gasteiger partial charge in [0.1, 0.15) is 5.82 Å². The summed E-state index contributed by atoms with van der Waals surface area (Å²) < 4.78 is 25.7. The lowest BCUT2D eigenvalue weighted by atomic mass is 9.79. The average Bonchev–Trinajstić information content (AvgIpc) is 2.44. The van der Waals surface area contributed by atoms with Gasteiger partial charge in [-0.05, 0) is 35.7 Å². The SMILES string of the molecule is O=C(O)c1cc(S(=O)CC2Cc3ccccc32)ccc1F. The summed E-state index contributed by atoms with van der Waals surface area (Å²) in [7, 11) is -1.33. The van der Waals surface area contributed by atoms with Gasteiger partial charge >= 0.3 is 5.97 Å². The highest BCUT2D eigenvalue weighted by atomic mass is 32.2. The van der Waals surface area contributed by atoms with Crippen LogP contribution in [-0.4, -0.2) is 21.0 Å². The minimum atomic E-state index is -1.35. The topological polar surface area (TPSA) is 54.4 Å². The summed E-state index contributed by atoms with van der Waals surface area (Å²) >= 11 is 0. The molecule has 0 radical (unpaired) electrons. The summed E-state index contributed by atoms with van der Waals surface area (Å²) in [6.07, 6.45) is 0.884. The van der Waals surface area contributed by atoms with Gasteiger partial charge in [0.05, 0.1) is 16.4 Å². The summed E-state index contributed by atoms with van der Waals surface area (Å²) in [5, 5.41) is 8.90. The third-order valence-electron chi connectivity index (χ3n) is 3.74. The highest BCUT2D eigenvalue weighted by Crippen LogP contribution is 2.36. The first-order valence-corrected chi connectivity index (χ1v) is 7.87. The molecule has 3 rings (SSSR count). The first-order chi connectivity index (χ1) is 10.1. The fourth-order valence-electron chi connectivity index (χ4n) is 2.60. The van der Waals surface area contributed by atoms with E-state index in [9.17, 15) is 13.4 Å². The molecule has 0 fully saturated rings. The number of fused-ring (bicyclic) bond motifs is 1. The Morgan fingerprint density at radius 2 is 2.05 bits per heavy atom. The molecule has 0 amide bonds. The first-order valence-electron chi connectivity index (χ1n) is 6.55. The van der Waals surface area contributed by atoms with Gasteiger partial charge in [0.25, 0.3) is 0 Å². The average molecular weight is 304 g/mol. The van der Waals surface area contributed by atoms with E-state index in [0.717, 1.165) is 12.5 Å². The van der Waals surface area contributed by atoms with E-state index in [1.807, 2.05) is 18.2 Å². The molecule has 108 valence electrons. The maximum Gasteiger partial charge on any atom is 0.338 e. The summed E-state index contributed by atoms with van der Waals surface area (Å²) in [5.74, 6) is -1.50. The molecule has 0 spiro atoms. The lowest BCUT2D eigenvalue weighted by Gasteiger charge is -2.29. The van der Waals surface area contributed by atoms with Gasteiger partial charge in [-0.15, -0.1) is 0 Å². The van der Waals surface area contributed by atoms with Gasteiger partial charge in [-0.1, -0.05) is 24.3 Å². The quantitative estimate of drug-likeness (QED) is 0.945. The van der Waals surface area contributed by atoms with Crippen molar-refractivity contribution in [1.82, 2.24) is 0 Å². The molecule has 0 saturated heterocycles. The fourth-order valence-corrected chi connectivity index (χ4v) is 3.92. The van der Waals surface area contributed by atoms with Gasteiger partial charge in [0.2, 0.25) is 0 Å². The molecule has 21 heavy (non-hydrogen) atoms. The van der Waals surface area contributed by atoms with E-state index in [1.54, 1.807) is 0 Å². The van der Waals surface area contributed by atoms with Crippen LogP contribution in [0.2, 0.25) is 0 Å². The smallest absolute Gasteiger partial charge is 0.338 e. The number of carboxylic acids is 1. The molecule has 0 bridgehead atoms. The predicted octanol–water partition coefficient (Wildman–Crippen LogP) is 2.97. The second-order valence-electron chi connectivity index (χ2n) is 5.06. The maximum absolute atomic E-state index is 13.3. The molecular weight excluding hydrogens is 291 g/mol. The third-order valence-corrected chi connectivity index (χ3v) is 5.23. The first kappa shape index (κ1) is 13.9. The van der Waals surface area contributed by atoms with Crippen molar-refractivity contribution in [1.29, 1.82) is 0 Å². The Balaban J connectivity index is 1.78. The summed E-state index contributed by atoms with van der Waals surface area (Å²) in [6.45, 7) is 0. The number of hydrogen-bond donors (Lipinski definition) is 1. The number of rotatable bonds is 4. The molecule has 0 aromatic heterocycles. The van der Waals surface area contributed by atoms with E-state index in [2.05, 4.69) is 6.07 Å². The second kappa shape index (κ2) is 5.41. The third kappa shape index (κ3) is 2.61. The Morgan fingerprint density at radius 1 is 1.29 bits per heavy atom. The van der Waals surface area contributed by atoms with E-state index in [1.165, 1.54) is 23.3 Å². The molecule has 1 aliphatic carbocycles. The Hall–Kier alpha value is -2.01. The van der Waals surface area contributed by atoms with Gasteiger partial charge in [0.15, 0.2) is 0 Å². The Morgan fingerprint density at radius 3 is 2.76 bits per heavy atom. The monoisotopic (exact) mass is 304 g/mol. The van der Waals surface area contributed by atoms with Crippen LogP contribution < -0.4 is 0 Å². The molecule has 2 aromatic rings. The lowest BCUT2D eigenvalue weighted by Crippen LogP contribution is -2.22. The molecule has 2 aromatic carbocycles. The standard InChI is InChI=1S/C16H13FO3S/c17-15-6-5-12(8-14(15)16(18)19)21(20)9-11-7-10-3-1-2-4-13(10)11/h1-6,8,11H,7,9H2,(H,18,19).